The second-order valence-electron chi connectivity index (χ2n) is 3.76. The van der Waals surface area contributed by atoms with Gasteiger partial charge in [0.05, 0.1) is 0 Å². The van der Waals surface area contributed by atoms with E-state index in [9.17, 15) is 0 Å². The lowest BCUT2D eigenvalue weighted by Gasteiger charge is -2.41. The third-order valence-electron chi connectivity index (χ3n) is 3.08. The molecule has 66 valence electrons. The molecule has 0 aliphatic carbocycles. The number of nitrogens with zero attached hydrogens (tertiary/aromatic N) is 1. The van der Waals surface area contributed by atoms with Crippen molar-refractivity contribution in [2.24, 2.45) is 0 Å². The quantitative estimate of drug-likeness (QED) is 0.643. The Hall–Kier alpha value is -0.0800. The van der Waals surface area contributed by atoms with E-state index in [1.54, 1.807) is 0 Å². The Labute approximate surface area is 70.0 Å². The molecule has 0 aromatic heterocycles. The minimum atomic E-state index is 0.458. The summed E-state index contributed by atoms with van der Waals surface area (Å²) in [5.74, 6) is 0. The predicted octanol–water partition coefficient (Wildman–Crippen LogP) is 1.08. The minimum Gasteiger partial charge on any atom is -0.317 e. The summed E-state index contributed by atoms with van der Waals surface area (Å²) >= 11 is 0. The van der Waals surface area contributed by atoms with Gasteiger partial charge in [0.15, 0.2) is 0 Å². The van der Waals surface area contributed by atoms with E-state index >= 15 is 0 Å². The zero-order chi connectivity index (χ0) is 8.32. The van der Waals surface area contributed by atoms with E-state index in [-0.39, 0.29) is 0 Å². The maximum atomic E-state index is 3.39. The average molecular weight is 156 g/mol. The second kappa shape index (κ2) is 3.55. The van der Waals surface area contributed by atoms with Crippen LogP contribution in [0.5, 0.6) is 0 Å². The Bertz CT molecular complexity index is 117. The number of hydrogen-bond acceptors (Lipinski definition) is 2. The van der Waals surface area contributed by atoms with E-state index in [2.05, 4.69) is 31.1 Å². The molecule has 11 heavy (non-hydrogen) atoms. The van der Waals surface area contributed by atoms with Crippen LogP contribution in [0.4, 0.5) is 0 Å². The minimum absolute atomic E-state index is 0.458. The first kappa shape index (κ1) is 9.01. The molecule has 1 heterocycles. The van der Waals surface area contributed by atoms with Crippen molar-refractivity contribution in [1.29, 1.82) is 0 Å². The van der Waals surface area contributed by atoms with E-state index in [1.165, 1.54) is 25.9 Å². The van der Waals surface area contributed by atoms with Gasteiger partial charge in [-0.05, 0) is 46.4 Å². The van der Waals surface area contributed by atoms with Crippen molar-refractivity contribution >= 4 is 0 Å². The molecular formula is C9H20N2. The van der Waals surface area contributed by atoms with E-state index in [4.69, 9.17) is 0 Å². The van der Waals surface area contributed by atoms with Crippen LogP contribution in [0.25, 0.3) is 0 Å². The molecule has 0 unspecified atom stereocenters. The molecule has 1 aliphatic rings. The highest BCUT2D eigenvalue weighted by molar-refractivity contribution is 4.88. The van der Waals surface area contributed by atoms with Crippen LogP contribution in [0.2, 0.25) is 0 Å². The van der Waals surface area contributed by atoms with Crippen LogP contribution in [0.3, 0.4) is 0 Å². The summed E-state index contributed by atoms with van der Waals surface area (Å²) in [7, 11) is 2.23. The zero-order valence-electron chi connectivity index (χ0n) is 7.98. The highest BCUT2D eigenvalue weighted by Crippen LogP contribution is 2.23. The first-order chi connectivity index (χ1) is 5.19. The fourth-order valence-electron chi connectivity index (χ4n) is 1.73. The van der Waals surface area contributed by atoms with Gasteiger partial charge < -0.3 is 10.2 Å². The molecule has 0 amide bonds. The van der Waals surface area contributed by atoms with Gasteiger partial charge in [0.1, 0.15) is 0 Å². The molecule has 0 atom stereocenters. The van der Waals surface area contributed by atoms with Crippen LogP contribution in [0.1, 0.15) is 26.7 Å². The van der Waals surface area contributed by atoms with Gasteiger partial charge in [0, 0.05) is 5.54 Å². The van der Waals surface area contributed by atoms with Crippen molar-refractivity contribution in [3.63, 3.8) is 0 Å². The van der Waals surface area contributed by atoms with Crippen LogP contribution in [0.15, 0.2) is 0 Å². The van der Waals surface area contributed by atoms with E-state index in [1.807, 2.05) is 0 Å². The molecule has 1 aliphatic heterocycles. The van der Waals surface area contributed by atoms with Gasteiger partial charge in [-0.15, -0.1) is 0 Å². The molecule has 0 aromatic rings. The van der Waals surface area contributed by atoms with Crippen molar-refractivity contribution in [1.82, 2.24) is 10.2 Å². The first-order valence-electron chi connectivity index (χ1n) is 4.61. The summed E-state index contributed by atoms with van der Waals surface area (Å²) in [5.41, 5.74) is 0.458. The summed E-state index contributed by atoms with van der Waals surface area (Å²) in [5, 5.41) is 3.39. The smallest absolute Gasteiger partial charge is 0.0202 e. The summed E-state index contributed by atoms with van der Waals surface area (Å²) in [6, 6.07) is 0. The Morgan fingerprint density at radius 2 is 1.91 bits per heavy atom. The van der Waals surface area contributed by atoms with E-state index in [0.717, 1.165) is 6.54 Å². The van der Waals surface area contributed by atoms with Crippen LogP contribution in [0, 0.1) is 0 Å². The lowest BCUT2D eigenvalue weighted by atomic mass is 9.89. The SMILES string of the molecule is CCN(C)C1(C)CCNCC1. The Kier molecular flexibility index (Phi) is 2.90. The number of piperidine rings is 1. The van der Waals surface area contributed by atoms with Crippen molar-refractivity contribution in [2.45, 2.75) is 32.2 Å². The fourth-order valence-corrected chi connectivity index (χ4v) is 1.73. The highest BCUT2D eigenvalue weighted by atomic mass is 15.2. The second-order valence-corrected chi connectivity index (χ2v) is 3.76. The Balaban J connectivity index is 2.49. The molecular weight excluding hydrogens is 136 g/mol. The van der Waals surface area contributed by atoms with Gasteiger partial charge >= 0.3 is 0 Å². The summed E-state index contributed by atoms with van der Waals surface area (Å²) in [4.78, 5) is 2.47. The largest absolute Gasteiger partial charge is 0.317 e. The van der Waals surface area contributed by atoms with Crippen LogP contribution in [-0.4, -0.2) is 37.1 Å². The Morgan fingerprint density at radius 3 is 2.36 bits per heavy atom. The van der Waals surface area contributed by atoms with E-state index in [0.29, 0.717) is 5.54 Å². The highest BCUT2D eigenvalue weighted by Gasteiger charge is 2.29. The average Bonchev–Trinajstić information content (AvgIpc) is 2.04. The molecule has 1 N–H and O–H groups in total. The van der Waals surface area contributed by atoms with Crippen molar-refractivity contribution in [2.75, 3.05) is 26.7 Å². The number of nitrogens with one attached hydrogen (secondary N) is 1. The first-order valence-corrected chi connectivity index (χ1v) is 4.61. The van der Waals surface area contributed by atoms with Crippen molar-refractivity contribution in [3.8, 4) is 0 Å². The molecule has 2 heteroatoms. The topological polar surface area (TPSA) is 15.3 Å². The molecule has 0 radical (unpaired) electrons. The van der Waals surface area contributed by atoms with Gasteiger partial charge in [0.25, 0.3) is 0 Å². The van der Waals surface area contributed by atoms with Gasteiger partial charge in [-0.2, -0.15) is 0 Å². The predicted molar refractivity (Wildman–Crippen MR) is 48.8 cm³/mol. The van der Waals surface area contributed by atoms with Crippen molar-refractivity contribution in [3.05, 3.63) is 0 Å². The maximum Gasteiger partial charge on any atom is 0.0202 e. The molecule has 0 aromatic carbocycles. The van der Waals surface area contributed by atoms with E-state index < -0.39 is 0 Å². The van der Waals surface area contributed by atoms with Gasteiger partial charge in [0.2, 0.25) is 0 Å². The fraction of sp³-hybridized carbons (Fsp3) is 1.00. The standard InChI is InChI=1S/C9H20N2/c1-4-11(3)9(2)5-7-10-8-6-9/h10H,4-8H2,1-3H3. The zero-order valence-corrected chi connectivity index (χ0v) is 7.98. The monoisotopic (exact) mass is 156 g/mol. The van der Waals surface area contributed by atoms with Gasteiger partial charge in [-0.1, -0.05) is 6.92 Å². The molecule has 0 spiro atoms. The molecule has 1 rings (SSSR count). The Morgan fingerprint density at radius 1 is 1.36 bits per heavy atom. The maximum absolute atomic E-state index is 3.39. The molecule has 2 nitrogen and oxygen atoms in total. The summed E-state index contributed by atoms with van der Waals surface area (Å²) in [6.07, 6.45) is 2.58. The number of hydrogen-bond donors (Lipinski definition) is 1. The molecule has 0 saturated carbocycles. The normalized spacial score (nSPS) is 24.0. The van der Waals surface area contributed by atoms with Gasteiger partial charge in [-0.3, -0.25) is 0 Å². The van der Waals surface area contributed by atoms with Gasteiger partial charge in [-0.25, -0.2) is 0 Å². The molecule has 1 fully saturated rings. The lowest BCUT2D eigenvalue weighted by Crippen LogP contribution is -2.50. The van der Waals surface area contributed by atoms with Crippen molar-refractivity contribution < 1.29 is 0 Å². The summed E-state index contributed by atoms with van der Waals surface area (Å²) in [6.45, 7) is 8.13. The lowest BCUT2D eigenvalue weighted by molar-refractivity contribution is 0.106. The third kappa shape index (κ3) is 1.94. The van der Waals surface area contributed by atoms with Crippen LogP contribution >= 0.6 is 0 Å². The van der Waals surface area contributed by atoms with Crippen LogP contribution < -0.4 is 5.32 Å². The molecule has 0 bridgehead atoms. The number of rotatable bonds is 2. The third-order valence-corrected chi connectivity index (χ3v) is 3.08. The molecule has 1 saturated heterocycles. The van der Waals surface area contributed by atoms with Crippen LogP contribution in [-0.2, 0) is 0 Å². The summed E-state index contributed by atoms with van der Waals surface area (Å²) < 4.78 is 0.